The van der Waals surface area contributed by atoms with E-state index in [2.05, 4.69) is 61.1 Å². The molecule has 21 nitrogen and oxygen atoms in total. The second-order valence-corrected chi connectivity index (χ2v) is 20.1. The van der Waals surface area contributed by atoms with E-state index in [4.69, 9.17) is 28.4 Å². The number of anilines is 3. The van der Waals surface area contributed by atoms with Crippen molar-refractivity contribution in [3.8, 4) is 51.7 Å². The van der Waals surface area contributed by atoms with Crippen LogP contribution < -0.4 is 58.6 Å². The van der Waals surface area contributed by atoms with Crippen LogP contribution in [-0.2, 0) is 49.7 Å². The van der Waals surface area contributed by atoms with E-state index >= 15 is 0 Å². The summed E-state index contributed by atoms with van der Waals surface area (Å²) in [6.07, 6.45) is 4.61. The van der Waals surface area contributed by atoms with E-state index in [-0.39, 0.29) is 51.9 Å². The summed E-state index contributed by atoms with van der Waals surface area (Å²) < 4.78 is 156. The molecule has 3 aliphatic rings. The molecule has 9 rings (SSSR count). The Morgan fingerprint density at radius 1 is 0.443 bits per heavy atom. The summed E-state index contributed by atoms with van der Waals surface area (Å²) in [5, 5.41) is 21.8. The van der Waals surface area contributed by atoms with Gasteiger partial charge in [-0.25, -0.2) is 0 Å². The van der Waals surface area contributed by atoms with Crippen LogP contribution in [0.1, 0.15) is 17.1 Å². The monoisotopic (exact) mass is 1180 g/mol. The summed E-state index contributed by atoms with van der Waals surface area (Å²) in [4.78, 5) is 12.6. The molecule has 6 heterocycles. The molecule has 0 aliphatic carbocycles. The Morgan fingerprint density at radius 2 is 0.709 bits per heavy atom. The Labute approximate surface area is 466 Å². The van der Waals surface area contributed by atoms with Gasteiger partial charge in [-0.05, 0) is 18.2 Å². The van der Waals surface area contributed by atoms with Gasteiger partial charge in [0.25, 0.3) is 0 Å². The molecule has 3 aromatic heterocycles. The number of halogens is 6. The maximum absolute atomic E-state index is 12.7. The van der Waals surface area contributed by atoms with Crippen molar-refractivity contribution < 1.29 is 81.6 Å². The van der Waals surface area contributed by atoms with E-state index < -0.39 is 68.7 Å². The number of alkyl halides is 6. The molecule has 0 spiro atoms. The minimum atomic E-state index is -2.91. The van der Waals surface area contributed by atoms with Crippen molar-refractivity contribution in [2.75, 3.05) is 58.6 Å². The predicted octanol–water partition coefficient (Wildman–Crippen LogP) is 9.71. The van der Waals surface area contributed by atoms with Crippen LogP contribution in [0, 0.1) is 0 Å². The topological polar surface area (TPSA) is 251 Å². The van der Waals surface area contributed by atoms with Crippen molar-refractivity contribution in [1.29, 1.82) is 0 Å². The summed E-state index contributed by atoms with van der Waals surface area (Å²) in [5.74, 6) is 2.94. The molecule has 3 N–H and O–H groups in total. The van der Waals surface area contributed by atoms with Gasteiger partial charge >= 0.3 is 37.2 Å². The fourth-order valence-corrected chi connectivity index (χ4v) is 10.9. The number of nitrogens with zero attached hydrogens (tertiary/aromatic N) is 6. The Hall–Kier alpha value is -7.33. The van der Waals surface area contributed by atoms with Gasteiger partial charge in [0.15, 0.2) is 34.5 Å². The van der Waals surface area contributed by atoms with Crippen LogP contribution in [0.2, 0.25) is 0 Å². The molecular formula is C48H48AlF6N9O12S3. The third-order valence-corrected chi connectivity index (χ3v) is 14.7. The molecule has 0 bridgehead atoms. The first kappa shape index (κ1) is 60.9. The Balaban J connectivity index is 0.000000190. The summed E-state index contributed by atoms with van der Waals surface area (Å²) >= 11 is 0. The van der Waals surface area contributed by atoms with E-state index in [1.807, 2.05) is 0 Å². The molecule has 3 aliphatic heterocycles. The van der Waals surface area contributed by atoms with Crippen LogP contribution in [-0.4, -0.2) is 124 Å². The first-order chi connectivity index (χ1) is 37.5. The number of benzene rings is 3. The zero-order valence-corrected chi connectivity index (χ0v) is 46.0. The van der Waals surface area contributed by atoms with Gasteiger partial charge in [0.1, 0.15) is 17.2 Å². The van der Waals surface area contributed by atoms with Crippen molar-refractivity contribution in [3.05, 3.63) is 124 Å². The summed E-state index contributed by atoms with van der Waals surface area (Å²) in [6.45, 7) is -8.74. The zero-order chi connectivity index (χ0) is 56.0. The van der Waals surface area contributed by atoms with E-state index in [0.29, 0.717) is 85.7 Å². The number of fused-ring (bicyclic) bond motifs is 3. The number of nitrogens with one attached hydrogen (secondary N) is 3. The molecule has 6 aromatic rings. The van der Waals surface area contributed by atoms with Gasteiger partial charge < -0.3 is 74.5 Å². The Morgan fingerprint density at radius 3 is 0.937 bits per heavy atom. The predicted molar refractivity (Wildman–Crippen MR) is 284 cm³/mol. The molecule has 31 heteroatoms. The number of ether oxygens (including phenoxy) is 9. The first-order valence-corrected chi connectivity index (χ1v) is 26.7. The fraction of sp³-hybridized carbons (Fsp3) is 0.312. The number of methoxy groups -OCH3 is 6. The van der Waals surface area contributed by atoms with E-state index in [9.17, 15) is 39.0 Å². The number of hydrogen-bond donors (Lipinski definition) is 3. The molecule has 79 heavy (non-hydrogen) atoms. The molecule has 420 valence electrons. The second kappa shape index (κ2) is 28.5. The van der Waals surface area contributed by atoms with Crippen LogP contribution in [0.3, 0.4) is 0 Å². The van der Waals surface area contributed by atoms with Crippen LogP contribution in [0.5, 0.6) is 51.7 Å². The van der Waals surface area contributed by atoms with Gasteiger partial charge in [0, 0.05) is 121 Å². The average Bonchev–Trinajstić information content (AvgIpc) is 4.26. The average molecular weight is 1180 g/mol. The fourth-order valence-electron chi connectivity index (χ4n) is 7.51. The molecule has 0 saturated carbocycles. The molecule has 0 radical (unpaired) electrons. The largest absolute Gasteiger partial charge is 3.00 e. The normalized spacial score (nSPS) is 16.2. The Bertz CT molecular complexity index is 2790. The SMILES string of the molecule is COc1ccnc(CS(=O)C2[N-]c3ccc(OC(F)F)cc3N2)c1OC.COc1ccnc(CS(=O)C2[N-]c3ccc(OC(F)F)cc3N2)c1OC.COc1ccnc(CS(=O)C2[N-]c3ccc(OC(F)F)cc3N2)c1OC.[Al+3]. The number of pyridine rings is 3. The van der Waals surface area contributed by atoms with Crippen LogP contribution >= 0.6 is 0 Å². The van der Waals surface area contributed by atoms with Crippen molar-refractivity contribution >= 4 is 83.9 Å². The van der Waals surface area contributed by atoms with E-state index in [1.54, 1.807) is 18.2 Å². The maximum atomic E-state index is 12.7. The minimum absolute atomic E-state index is 0. The van der Waals surface area contributed by atoms with Crippen LogP contribution in [0.25, 0.3) is 16.0 Å². The van der Waals surface area contributed by atoms with Crippen molar-refractivity contribution in [2.45, 2.75) is 53.6 Å². The smallest absolute Gasteiger partial charge is 0.653 e. The van der Waals surface area contributed by atoms with Gasteiger partial charge in [0.2, 0.25) is 0 Å². The van der Waals surface area contributed by atoms with Crippen molar-refractivity contribution in [3.63, 3.8) is 0 Å². The molecule has 6 unspecified atom stereocenters. The number of aromatic nitrogens is 3. The molecule has 0 saturated heterocycles. The third-order valence-electron chi connectivity index (χ3n) is 10.9. The summed E-state index contributed by atoms with van der Waals surface area (Å²) in [7, 11) is 4.51. The zero-order valence-electron chi connectivity index (χ0n) is 42.4. The minimum Gasteiger partial charge on any atom is -0.653 e. The number of rotatable bonds is 21. The Kier molecular flexibility index (Phi) is 22.0. The van der Waals surface area contributed by atoms with Crippen LogP contribution in [0.4, 0.5) is 60.5 Å². The van der Waals surface area contributed by atoms with E-state index in [1.165, 1.54) is 116 Å². The van der Waals surface area contributed by atoms with Gasteiger partial charge in [0.05, 0.1) is 77.0 Å². The van der Waals surface area contributed by atoms with Gasteiger partial charge in [-0.2, -0.15) is 26.3 Å². The maximum Gasteiger partial charge on any atom is 3.00 e. The summed E-state index contributed by atoms with van der Waals surface area (Å²) in [6, 6.07) is 17.9. The quantitative estimate of drug-likeness (QED) is 0.0448. The van der Waals surface area contributed by atoms with E-state index in [0.717, 1.165) is 0 Å². The number of hydrogen-bond acceptors (Lipinski definition) is 18. The van der Waals surface area contributed by atoms with Gasteiger partial charge in [-0.1, -0.05) is 18.2 Å². The molecular weight excluding hydrogens is 1130 g/mol. The summed E-state index contributed by atoms with van der Waals surface area (Å²) in [5.41, 5.74) is 2.23. The first-order valence-electron chi connectivity index (χ1n) is 22.5. The molecule has 0 fully saturated rings. The van der Waals surface area contributed by atoms with Crippen molar-refractivity contribution in [2.24, 2.45) is 0 Å². The van der Waals surface area contributed by atoms with Gasteiger partial charge in [-0.15, -0.1) is 17.1 Å². The molecule has 6 atom stereocenters. The van der Waals surface area contributed by atoms with Crippen LogP contribution in [0.15, 0.2) is 91.4 Å². The molecule has 3 aromatic carbocycles. The second-order valence-electron chi connectivity index (χ2n) is 15.6. The van der Waals surface area contributed by atoms with Crippen molar-refractivity contribution in [1.82, 2.24) is 15.0 Å². The third kappa shape index (κ3) is 15.7. The van der Waals surface area contributed by atoms with Gasteiger partial charge in [-0.3, -0.25) is 27.6 Å². The standard InChI is InChI=1S/3C16H16F2N3O4S.Al/c3*1-23-13-5-6-19-12(14(13)24-2)8-26(22)16-20-10-4-3-9(25-15(17)18)7-11(10)21-16;/h3*3-7,15-16,21H,8H2,1-2H3;/q3*-1;+3. The molecule has 0 amide bonds.